The van der Waals surface area contributed by atoms with E-state index in [1.807, 2.05) is 18.2 Å². The van der Waals surface area contributed by atoms with E-state index >= 15 is 0 Å². The summed E-state index contributed by atoms with van der Waals surface area (Å²) >= 11 is 0. The van der Waals surface area contributed by atoms with Crippen molar-refractivity contribution in [2.45, 2.75) is 31.3 Å². The first-order chi connectivity index (χ1) is 12.3. The molecule has 0 spiro atoms. The number of rotatable bonds is 5. The van der Waals surface area contributed by atoms with Crippen LogP contribution < -0.4 is 14.5 Å². The molecule has 2 aromatic heterocycles. The molecular weight excluding hydrogens is 316 g/mol. The fourth-order valence-corrected chi connectivity index (χ4v) is 3.42. The van der Waals surface area contributed by atoms with Gasteiger partial charge in [-0.15, -0.1) is 0 Å². The van der Waals surface area contributed by atoms with Crippen LogP contribution in [0.5, 0.6) is 5.88 Å². The third-order valence-electron chi connectivity index (χ3n) is 4.80. The van der Waals surface area contributed by atoms with E-state index in [4.69, 9.17) is 10.00 Å². The van der Waals surface area contributed by atoms with Crippen LogP contribution in [-0.2, 0) is 0 Å². The van der Waals surface area contributed by atoms with E-state index in [2.05, 4.69) is 30.8 Å². The molecule has 1 saturated carbocycles. The second-order valence-corrected chi connectivity index (χ2v) is 6.46. The van der Waals surface area contributed by atoms with Crippen molar-refractivity contribution in [2.24, 2.45) is 0 Å². The normalized spacial score (nSPS) is 19.5. The molecule has 25 heavy (non-hydrogen) atoms. The van der Waals surface area contributed by atoms with Crippen LogP contribution in [0.3, 0.4) is 0 Å². The minimum atomic E-state index is 0.393. The molecule has 7 nitrogen and oxygen atoms in total. The van der Waals surface area contributed by atoms with Gasteiger partial charge >= 0.3 is 0 Å². The summed E-state index contributed by atoms with van der Waals surface area (Å²) in [4.78, 5) is 17.7. The molecule has 128 valence electrons. The Balaban J connectivity index is 1.52. The summed E-state index contributed by atoms with van der Waals surface area (Å²) in [5.41, 5.74) is 0.590. The minimum Gasteiger partial charge on any atom is -0.481 e. The second-order valence-electron chi connectivity index (χ2n) is 6.46. The van der Waals surface area contributed by atoms with Crippen LogP contribution in [0.1, 0.15) is 24.8 Å². The molecule has 0 N–H and O–H groups in total. The Morgan fingerprint density at radius 3 is 2.76 bits per heavy atom. The summed E-state index contributed by atoms with van der Waals surface area (Å²) in [5, 5.41) is 8.91. The zero-order chi connectivity index (χ0) is 17.2. The molecule has 1 aliphatic carbocycles. The molecular formula is C18H20N6O. The van der Waals surface area contributed by atoms with Crippen molar-refractivity contribution in [2.75, 3.05) is 30.0 Å². The minimum absolute atomic E-state index is 0.393. The lowest BCUT2D eigenvalue weighted by molar-refractivity contribution is 0.396. The lowest BCUT2D eigenvalue weighted by atomic mass is 10.2. The van der Waals surface area contributed by atoms with Crippen LogP contribution in [-0.4, -0.2) is 47.2 Å². The molecule has 2 aliphatic rings. The molecule has 4 rings (SSSR count). The van der Waals surface area contributed by atoms with Gasteiger partial charge in [-0.25, -0.2) is 15.0 Å². The maximum absolute atomic E-state index is 8.91. The summed E-state index contributed by atoms with van der Waals surface area (Å²) in [6.45, 7) is 1.86. The average molecular weight is 336 g/mol. The standard InChI is InChI=1S/C18H20N6O/c1-25-18-8-17(21-12-22-18)24(14-3-4-14)15-6-7-23(11-15)16-5-2-13(9-19)10-20-16/h2,5,8,10,12,14-15H,3-4,6-7,11H2,1H3. The maximum atomic E-state index is 8.91. The first kappa shape index (κ1) is 15.6. The van der Waals surface area contributed by atoms with E-state index < -0.39 is 0 Å². The molecule has 2 aromatic rings. The second kappa shape index (κ2) is 6.55. The topological polar surface area (TPSA) is 78.2 Å². The number of methoxy groups -OCH3 is 1. The van der Waals surface area contributed by atoms with Crippen LogP contribution in [0.25, 0.3) is 0 Å². The number of hydrogen-bond donors (Lipinski definition) is 0. The van der Waals surface area contributed by atoms with Gasteiger partial charge in [0.2, 0.25) is 5.88 Å². The van der Waals surface area contributed by atoms with Crippen molar-refractivity contribution < 1.29 is 4.74 Å². The largest absolute Gasteiger partial charge is 0.481 e. The Hall–Kier alpha value is -2.88. The molecule has 1 atom stereocenters. The van der Waals surface area contributed by atoms with E-state index in [1.54, 1.807) is 19.6 Å². The van der Waals surface area contributed by atoms with Gasteiger partial charge in [0.15, 0.2) is 0 Å². The van der Waals surface area contributed by atoms with Crippen LogP contribution in [0.4, 0.5) is 11.6 Å². The smallest absolute Gasteiger partial charge is 0.218 e. The van der Waals surface area contributed by atoms with Gasteiger partial charge in [0.1, 0.15) is 24.0 Å². The van der Waals surface area contributed by atoms with Gasteiger partial charge in [0.25, 0.3) is 0 Å². The van der Waals surface area contributed by atoms with Gasteiger partial charge in [-0.1, -0.05) is 0 Å². The fraction of sp³-hybridized carbons (Fsp3) is 0.444. The molecule has 0 amide bonds. The van der Waals surface area contributed by atoms with Gasteiger partial charge in [-0.2, -0.15) is 5.26 Å². The number of hydrogen-bond acceptors (Lipinski definition) is 7. The average Bonchev–Trinajstić information content (AvgIpc) is 3.38. The molecule has 1 unspecified atom stereocenters. The molecule has 3 heterocycles. The van der Waals surface area contributed by atoms with E-state index in [0.717, 1.165) is 31.1 Å². The van der Waals surface area contributed by atoms with Gasteiger partial charge < -0.3 is 14.5 Å². The maximum Gasteiger partial charge on any atom is 0.218 e. The Morgan fingerprint density at radius 2 is 2.08 bits per heavy atom. The summed E-state index contributed by atoms with van der Waals surface area (Å²) in [5.74, 6) is 2.46. The highest BCUT2D eigenvalue weighted by Gasteiger charge is 2.38. The number of nitrogens with zero attached hydrogens (tertiary/aromatic N) is 6. The highest BCUT2D eigenvalue weighted by atomic mass is 16.5. The van der Waals surface area contributed by atoms with Crippen LogP contribution >= 0.6 is 0 Å². The highest BCUT2D eigenvalue weighted by molar-refractivity contribution is 5.49. The first-order valence-electron chi connectivity index (χ1n) is 8.54. The van der Waals surface area contributed by atoms with Gasteiger partial charge in [-0.05, 0) is 31.4 Å². The van der Waals surface area contributed by atoms with E-state index in [1.165, 1.54) is 12.8 Å². The fourth-order valence-electron chi connectivity index (χ4n) is 3.42. The van der Waals surface area contributed by atoms with Crippen molar-refractivity contribution in [3.05, 3.63) is 36.3 Å². The molecule has 0 aromatic carbocycles. The first-order valence-corrected chi connectivity index (χ1v) is 8.54. The molecule has 0 radical (unpaired) electrons. The Labute approximate surface area is 146 Å². The van der Waals surface area contributed by atoms with Crippen LogP contribution in [0.2, 0.25) is 0 Å². The molecule has 1 aliphatic heterocycles. The Kier molecular flexibility index (Phi) is 4.10. The van der Waals surface area contributed by atoms with Gasteiger partial charge in [0, 0.05) is 37.4 Å². The summed E-state index contributed by atoms with van der Waals surface area (Å²) < 4.78 is 5.26. The monoisotopic (exact) mass is 336 g/mol. The third-order valence-corrected chi connectivity index (χ3v) is 4.80. The number of aromatic nitrogens is 3. The molecule has 1 saturated heterocycles. The number of ether oxygens (including phenoxy) is 1. The third kappa shape index (κ3) is 3.20. The van der Waals surface area contributed by atoms with Crippen molar-refractivity contribution in [1.29, 1.82) is 5.26 Å². The lowest BCUT2D eigenvalue weighted by Crippen LogP contribution is -2.40. The van der Waals surface area contributed by atoms with Crippen LogP contribution in [0, 0.1) is 11.3 Å². The Bertz CT molecular complexity index is 783. The van der Waals surface area contributed by atoms with Gasteiger partial charge in [-0.3, -0.25) is 0 Å². The van der Waals surface area contributed by atoms with Crippen molar-refractivity contribution >= 4 is 11.6 Å². The molecule has 0 bridgehead atoms. The zero-order valence-corrected chi connectivity index (χ0v) is 14.2. The predicted octanol–water partition coefficient (Wildman–Crippen LogP) is 2.00. The SMILES string of the molecule is COc1cc(N(C2CC2)C2CCN(c3ccc(C#N)cn3)C2)ncn1. The Morgan fingerprint density at radius 1 is 1.20 bits per heavy atom. The van der Waals surface area contributed by atoms with Crippen molar-refractivity contribution in [3.8, 4) is 11.9 Å². The van der Waals surface area contributed by atoms with E-state index in [0.29, 0.717) is 23.5 Å². The summed E-state index contributed by atoms with van der Waals surface area (Å²) in [6, 6.07) is 8.73. The number of anilines is 2. The lowest BCUT2D eigenvalue weighted by Gasteiger charge is -2.30. The quantitative estimate of drug-likeness (QED) is 0.826. The number of nitriles is 1. The van der Waals surface area contributed by atoms with E-state index in [9.17, 15) is 0 Å². The summed E-state index contributed by atoms with van der Waals surface area (Å²) in [7, 11) is 1.63. The van der Waals surface area contributed by atoms with E-state index in [-0.39, 0.29) is 0 Å². The van der Waals surface area contributed by atoms with Crippen molar-refractivity contribution in [3.63, 3.8) is 0 Å². The van der Waals surface area contributed by atoms with Crippen molar-refractivity contribution in [1.82, 2.24) is 15.0 Å². The molecule has 2 fully saturated rings. The van der Waals surface area contributed by atoms with Crippen LogP contribution in [0.15, 0.2) is 30.7 Å². The van der Waals surface area contributed by atoms with Gasteiger partial charge in [0.05, 0.1) is 12.7 Å². The number of pyridine rings is 1. The highest BCUT2D eigenvalue weighted by Crippen LogP contribution is 2.36. The molecule has 7 heteroatoms. The summed E-state index contributed by atoms with van der Waals surface area (Å²) in [6.07, 6.45) is 6.68. The predicted molar refractivity (Wildman–Crippen MR) is 93.7 cm³/mol. The zero-order valence-electron chi connectivity index (χ0n) is 14.2.